The Hall–Kier alpha value is -2.47. The highest BCUT2D eigenvalue weighted by Crippen LogP contribution is 2.62. The van der Waals surface area contributed by atoms with Crippen molar-refractivity contribution in [1.29, 1.82) is 5.26 Å². The van der Waals surface area contributed by atoms with Crippen LogP contribution in [0.3, 0.4) is 0 Å². The van der Waals surface area contributed by atoms with Crippen LogP contribution in [0.15, 0.2) is 47.2 Å². The third-order valence-electron chi connectivity index (χ3n) is 8.03. The maximum absolute atomic E-state index is 13.6. The summed E-state index contributed by atoms with van der Waals surface area (Å²) in [5.41, 5.74) is 2.79. The van der Waals surface area contributed by atoms with E-state index in [0.29, 0.717) is 30.3 Å². The van der Waals surface area contributed by atoms with Crippen molar-refractivity contribution in [1.82, 2.24) is 14.8 Å². The Morgan fingerprint density at radius 3 is 2.78 bits per heavy atom. The molecule has 1 heterocycles. The molecule has 1 aromatic heterocycles. The smallest absolute Gasteiger partial charge is 0.322 e. The van der Waals surface area contributed by atoms with Gasteiger partial charge in [-0.1, -0.05) is 12.1 Å². The standard InChI is InChI=1S/C28H36BrN5O2/c1-19(2)33(20(3)18-35)9-10-34(27(36)32-25-13-24(29)16-31-17-25)26-7-8-28(14-23(28)12-26)22-6-4-5-21(11-22)15-30/h4-6,11,13,16-17,19-20,23,26,35H,7-10,12,14,18H2,1-3H3,(H,32,36)/t20-,23?,26+,28+/m0/s1. The van der Waals surface area contributed by atoms with Gasteiger partial charge in [-0.25, -0.2) is 4.79 Å². The molecule has 2 saturated carbocycles. The fourth-order valence-corrected chi connectivity index (χ4v) is 6.35. The van der Waals surface area contributed by atoms with Gasteiger partial charge in [0.05, 0.1) is 30.1 Å². The van der Waals surface area contributed by atoms with Gasteiger partial charge in [-0.2, -0.15) is 5.26 Å². The van der Waals surface area contributed by atoms with E-state index in [2.05, 4.69) is 57.1 Å². The molecule has 2 aromatic rings. The van der Waals surface area contributed by atoms with Crippen molar-refractivity contribution in [3.05, 3.63) is 58.3 Å². The number of benzene rings is 1. The summed E-state index contributed by atoms with van der Waals surface area (Å²) in [6, 6.07) is 12.5. The Kier molecular flexibility index (Phi) is 8.34. The number of amides is 2. The van der Waals surface area contributed by atoms with E-state index in [1.165, 1.54) is 5.56 Å². The molecule has 0 bridgehead atoms. The highest BCUT2D eigenvalue weighted by Gasteiger charge is 2.58. The average molecular weight is 555 g/mol. The van der Waals surface area contributed by atoms with Crippen LogP contribution in [0.25, 0.3) is 0 Å². The number of pyridine rings is 1. The molecule has 0 aliphatic heterocycles. The molecule has 8 heteroatoms. The molecule has 1 unspecified atom stereocenters. The van der Waals surface area contributed by atoms with E-state index in [0.717, 1.165) is 30.2 Å². The number of nitriles is 1. The largest absolute Gasteiger partial charge is 0.395 e. The van der Waals surface area contributed by atoms with Gasteiger partial charge in [-0.15, -0.1) is 0 Å². The number of aromatic nitrogens is 1. The van der Waals surface area contributed by atoms with Crippen molar-refractivity contribution < 1.29 is 9.90 Å². The zero-order valence-corrected chi connectivity index (χ0v) is 22.9. The van der Waals surface area contributed by atoms with E-state index in [-0.39, 0.29) is 36.2 Å². The number of halogens is 1. The summed E-state index contributed by atoms with van der Waals surface area (Å²) in [4.78, 5) is 22.0. The van der Waals surface area contributed by atoms with E-state index < -0.39 is 0 Å². The van der Waals surface area contributed by atoms with Gasteiger partial charge in [-0.05, 0) is 97.5 Å². The van der Waals surface area contributed by atoms with Crippen molar-refractivity contribution in [3.8, 4) is 6.07 Å². The van der Waals surface area contributed by atoms with Gasteiger partial charge in [0.1, 0.15) is 0 Å². The number of hydrogen-bond donors (Lipinski definition) is 2. The van der Waals surface area contributed by atoms with E-state index in [1.807, 2.05) is 36.1 Å². The number of anilines is 1. The zero-order chi connectivity index (χ0) is 25.9. The fourth-order valence-electron chi connectivity index (χ4n) is 5.99. The second kappa shape index (κ2) is 11.3. The number of nitrogens with one attached hydrogen (secondary N) is 1. The number of carbonyl (C=O) groups excluding carboxylic acids is 1. The Balaban J connectivity index is 1.50. The minimum Gasteiger partial charge on any atom is -0.395 e. The lowest BCUT2D eigenvalue weighted by molar-refractivity contribution is 0.0861. The Morgan fingerprint density at radius 2 is 2.11 bits per heavy atom. The van der Waals surface area contributed by atoms with Gasteiger partial charge in [0.2, 0.25) is 0 Å². The maximum Gasteiger partial charge on any atom is 0.322 e. The lowest BCUT2D eigenvalue weighted by atomic mass is 9.80. The fraction of sp³-hybridized carbons (Fsp3) is 0.536. The van der Waals surface area contributed by atoms with Crippen molar-refractivity contribution in [2.45, 2.75) is 70.0 Å². The molecule has 4 atom stereocenters. The molecule has 2 amide bonds. The van der Waals surface area contributed by atoms with E-state index in [9.17, 15) is 15.2 Å². The molecule has 2 aliphatic rings. The summed E-state index contributed by atoms with van der Waals surface area (Å²) in [5, 5.41) is 22.1. The van der Waals surface area contributed by atoms with Crippen molar-refractivity contribution in [3.63, 3.8) is 0 Å². The normalized spacial score (nSPS) is 23.6. The highest BCUT2D eigenvalue weighted by atomic mass is 79.9. The molecule has 192 valence electrons. The first-order chi connectivity index (χ1) is 17.3. The first-order valence-electron chi connectivity index (χ1n) is 12.8. The first-order valence-corrected chi connectivity index (χ1v) is 13.6. The lowest BCUT2D eigenvalue weighted by Crippen LogP contribution is -2.51. The topological polar surface area (TPSA) is 92.5 Å². The van der Waals surface area contributed by atoms with Crippen LogP contribution in [0.1, 0.15) is 57.6 Å². The molecule has 2 aliphatic carbocycles. The lowest BCUT2D eigenvalue weighted by Gasteiger charge is -2.39. The van der Waals surface area contributed by atoms with Gasteiger partial charge < -0.3 is 15.3 Å². The molecule has 2 fully saturated rings. The molecular weight excluding hydrogens is 518 g/mol. The predicted octanol–water partition coefficient (Wildman–Crippen LogP) is 5.15. The Morgan fingerprint density at radius 1 is 1.31 bits per heavy atom. The van der Waals surface area contributed by atoms with Gasteiger partial charge in [-0.3, -0.25) is 9.88 Å². The van der Waals surface area contributed by atoms with Gasteiger partial charge >= 0.3 is 6.03 Å². The number of carbonyl (C=O) groups is 1. The van der Waals surface area contributed by atoms with Gasteiger partial charge in [0.25, 0.3) is 0 Å². The summed E-state index contributed by atoms with van der Waals surface area (Å²) >= 11 is 3.43. The third kappa shape index (κ3) is 5.74. The van der Waals surface area contributed by atoms with Crippen LogP contribution in [0, 0.1) is 17.2 Å². The summed E-state index contributed by atoms with van der Waals surface area (Å²) in [7, 11) is 0. The predicted molar refractivity (Wildman–Crippen MR) is 145 cm³/mol. The average Bonchev–Trinajstić information content (AvgIpc) is 3.61. The molecule has 7 nitrogen and oxygen atoms in total. The number of aliphatic hydroxyl groups is 1. The van der Waals surface area contributed by atoms with Crippen molar-refractivity contribution in [2.24, 2.45) is 5.92 Å². The second-order valence-electron chi connectivity index (χ2n) is 10.6. The second-order valence-corrected chi connectivity index (χ2v) is 11.5. The number of hydrogen-bond acceptors (Lipinski definition) is 5. The quantitative estimate of drug-likeness (QED) is 0.447. The van der Waals surface area contributed by atoms with Crippen molar-refractivity contribution >= 4 is 27.6 Å². The minimum absolute atomic E-state index is 0.0269. The van der Waals surface area contributed by atoms with E-state index in [4.69, 9.17) is 0 Å². The van der Waals surface area contributed by atoms with E-state index >= 15 is 0 Å². The number of urea groups is 1. The summed E-state index contributed by atoms with van der Waals surface area (Å²) in [6.45, 7) is 7.64. The van der Waals surface area contributed by atoms with Crippen LogP contribution in [-0.4, -0.2) is 63.7 Å². The number of aliphatic hydroxyl groups excluding tert-OH is 1. The van der Waals surface area contributed by atoms with E-state index in [1.54, 1.807) is 12.4 Å². The molecule has 36 heavy (non-hydrogen) atoms. The van der Waals surface area contributed by atoms with Gasteiger partial charge in [0, 0.05) is 41.9 Å². The van der Waals surface area contributed by atoms with Gasteiger partial charge in [0.15, 0.2) is 0 Å². The highest BCUT2D eigenvalue weighted by molar-refractivity contribution is 9.10. The van der Waals surface area contributed by atoms with Crippen LogP contribution in [0.2, 0.25) is 0 Å². The Labute approximate surface area is 222 Å². The maximum atomic E-state index is 13.6. The van der Waals surface area contributed by atoms with Crippen LogP contribution >= 0.6 is 15.9 Å². The summed E-state index contributed by atoms with van der Waals surface area (Å²) in [6.07, 6.45) is 7.36. The number of nitrogens with zero attached hydrogens (tertiary/aromatic N) is 4. The number of fused-ring (bicyclic) bond motifs is 1. The molecule has 1 aromatic carbocycles. The third-order valence-corrected chi connectivity index (χ3v) is 8.46. The minimum atomic E-state index is -0.111. The first kappa shape index (κ1) is 26.6. The SMILES string of the molecule is CC(C)N(CCN(C(=O)Nc1cncc(Br)c1)[C@@H]1CC[C@]2(c3cccc(C#N)c3)CC2C1)[C@@H](C)CO. The molecule has 0 saturated heterocycles. The Bertz CT molecular complexity index is 1120. The summed E-state index contributed by atoms with van der Waals surface area (Å²) in [5.74, 6) is 0.519. The monoisotopic (exact) mass is 553 g/mol. The molecule has 2 N–H and O–H groups in total. The summed E-state index contributed by atoms with van der Waals surface area (Å²) < 4.78 is 0.814. The van der Waals surface area contributed by atoms with Crippen LogP contribution in [0.5, 0.6) is 0 Å². The number of rotatable bonds is 9. The molecule has 0 spiro atoms. The molecular formula is C28H36BrN5O2. The van der Waals surface area contributed by atoms with Crippen LogP contribution in [-0.2, 0) is 5.41 Å². The van der Waals surface area contributed by atoms with Crippen LogP contribution < -0.4 is 5.32 Å². The molecule has 0 radical (unpaired) electrons. The van der Waals surface area contributed by atoms with Crippen molar-refractivity contribution in [2.75, 3.05) is 25.0 Å². The zero-order valence-electron chi connectivity index (χ0n) is 21.3. The van der Waals surface area contributed by atoms with Crippen LogP contribution in [0.4, 0.5) is 10.5 Å². The molecule has 4 rings (SSSR count).